The summed E-state index contributed by atoms with van der Waals surface area (Å²) in [4.78, 5) is 11.2. The maximum absolute atomic E-state index is 11.2. The van der Waals surface area contributed by atoms with Gasteiger partial charge in [-0.3, -0.25) is 4.79 Å². The van der Waals surface area contributed by atoms with Crippen molar-refractivity contribution in [1.29, 1.82) is 0 Å². The van der Waals surface area contributed by atoms with Gasteiger partial charge in [0, 0.05) is 0 Å². The Morgan fingerprint density at radius 2 is 1.93 bits per heavy atom. The third-order valence-electron chi connectivity index (χ3n) is 4.80. The Hall–Kier alpha value is -0.530. The highest BCUT2D eigenvalue weighted by Crippen LogP contribution is 2.53. The number of aliphatic carboxylic acids is 1. The van der Waals surface area contributed by atoms with Gasteiger partial charge in [-0.1, -0.05) is 20.8 Å². The van der Waals surface area contributed by atoms with E-state index in [1.54, 1.807) is 0 Å². The van der Waals surface area contributed by atoms with Crippen LogP contribution in [-0.4, -0.2) is 11.1 Å². The van der Waals surface area contributed by atoms with E-state index in [0.29, 0.717) is 17.8 Å². The highest BCUT2D eigenvalue weighted by molar-refractivity contribution is 5.70. The summed E-state index contributed by atoms with van der Waals surface area (Å²) in [5, 5.41) is 9.20. The minimum absolute atomic E-state index is 0.0475. The summed E-state index contributed by atoms with van der Waals surface area (Å²) in [6, 6.07) is 0. The SMILES string of the molecule is CC(C)C1C[C@H]2C(C)C[C@@H]1CC2C(=O)O. The number of carbonyl (C=O) groups is 1. The van der Waals surface area contributed by atoms with E-state index in [1.165, 1.54) is 6.42 Å². The Balaban J connectivity index is 2.15. The standard InChI is InChI=1S/C13H22O2/c1-7(2)10-6-11-8(3)4-9(10)5-12(11)13(14)15/h7-12H,4-6H2,1-3H3,(H,14,15)/t8?,9-,10?,11+,12?/m1/s1. The molecular weight excluding hydrogens is 188 g/mol. The van der Waals surface area contributed by atoms with E-state index in [0.717, 1.165) is 24.7 Å². The van der Waals surface area contributed by atoms with E-state index in [-0.39, 0.29) is 5.92 Å². The monoisotopic (exact) mass is 210 g/mol. The molecule has 3 unspecified atom stereocenters. The second-order valence-corrected chi connectivity index (χ2v) is 5.96. The summed E-state index contributed by atoms with van der Waals surface area (Å²) in [5.41, 5.74) is 0. The Labute approximate surface area is 92.1 Å². The molecule has 0 aromatic rings. The van der Waals surface area contributed by atoms with Crippen molar-refractivity contribution in [3.05, 3.63) is 0 Å². The van der Waals surface area contributed by atoms with Crippen LogP contribution in [0.1, 0.15) is 40.0 Å². The quantitative estimate of drug-likeness (QED) is 0.760. The second kappa shape index (κ2) is 3.80. The van der Waals surface area contributed by atoms with Crippen molar-refractivity contribution in [2.24, 2.45) is 35.5 Å². The topological polar surface area (TPSA) is 37.3 Å². The lowest BCUT2D eigenvalue weighted by Crippen LogP contribution is -2.46. The molecule has 0 spiro atoms. The molecule has 86 valence electrons. The van der Waals surface area contributed by atoms with Gasteiger partial charge in [-0.05, 0) is 48.9 Å². The first-order chi connectivity index (χ1) is 7.00. The average Bonchev–Trinajstić information content (AvgIpc) is 2.16. The van der Waals surface area contributed by atoms with Crippen molar-refractivity contribution in [3.8, 4) is 0 Å². The third kappa shape index (κ3) is 1.79. The van der Waals surface area contributed by atoms with Gasteiger partial charge in [0.25, 0.3) is 0 Å². The largest absolute Gasteiger partial charge is 0.481 e. The van der Waals surface area contributed by atoms with Gasteiger partial charge >= 0.3 is 5.97 Å². The normalized spacial score (nSPS) is 44.7. The summed E-state index contributed by atoms with van der Waals surface area (Å²) in [5.74, 6) is 2.64. The summed E-state index contributed by atoms with van der Waals surface area (Å²) in [6.45, 7) is 6.81. The van der Waals surface area contributed by atoms with Crippen molar-refractivity contribution < 1.29 is 9.90 Å². The molecule has 2 heteroatoms. The Bertz CT molecular complexity index is 259. The van der Waals surface area contributed by atoms with Gasteiger partial charge in [0.05, 0.1) is 5.92 Å². The molecule has 0 heterocycles. The molecule has 15 heavy (non-hydrogen) atoms. The van der Waals surface area contributed by atoms with E-state index in [9.17, 15) is 9.90 Å². The molecular formula is C13H22O2. The zero-order valence-electron chi connectivity index (χ0n) is 9.94. The van der Waals surface area contributed by atoms with Crippen molar-refractivity contribution in [2.75, 3.05) is 0 Å². The molecule has 0 aliphatic heterocycles. The van der Waals surface area contributed by atoms with Gasteiger partial charge < -0.3 is 5.11 Å². The average molecular weight is 210 g/mol. The molecule has 3 aliphatic rings. The highest BCUT2D eigenvalue weighted by Gasteiger charge is 2.48. The van der Waals surface area contributed by atoms with E-state index in [2.05, 4.69) is 20.8 Å². The van der Waals surface area contributed by atoms with E-state index < -0.39 is 5.97 Å². The molecule has 3 fully saturated rings. The molecule has 1 N–H and O–H groups in total. The number of hydrogen-bond donors (Lipinski definition) is 1. The predicted molar refractivity (Wildman–Crippen MR) is 59.4 cm³/mol. The summed E-state index contributed by atoms with van der Waals surface area (Å²) < 4.78 is 0. The van der Waals surface area contributed by atoms with Crippen LogP contribution in [0, 0.1) is 35.5 Å². The van der Waals surface area contributed by atoms with Crippen LogP contribution in [0.4, 0.5) is 0 Å². The molecule has 0 amide bonds. The minimum atomic E-state index is -0.557. The molecule has 0 saturated heterocycles. The van der Waals surface area contributed by atoms with E-state index in [1.807, 2.05) is 0 Å². The molecule has 5 atom stereocenters. The third-order valence-corrected chi connectivity index (χ3v) is 4.80. The first-order valence-corrected chi connectivity index (χ1v) is 6.23. The molecule has 0 aromatic carbocycles. The number of fused-ring (bicyclic) bond motifs is 3. The van der Waals surface area contributed by atoms with Gasteiger partial charge in [0.1, 0.15) is 0 Å². The van der Waals surface area contributed by atoms with Crippen molar-refractivity contribution in [3.63, 3.8) is 0 Å². The predicted octanol–water partition coefficient (Wildman–Crippen LogP) is 3.03. The van der Waals surface area contributed by atoms with Crippen molar-refractivity contribution in [2.45, 2.75) is 40.0 Å². The van der Waals surface area contributed by atoms with E-state index >= 15 is 0 Å². The van der Waals surface area contributed by atoms with Crippen LogP contribution in [0.25, 0.3) is 0 Å². The molecule has 3 saturated carbocycles. The first kappa shape index (κ1) is 11.0. The van der Waals surface area contributed by atoms with Crippen LogP contribution in [-0.2, 0) is 4.79 Å². The van der Waals surface area contributed by atoms with Crippen LogP contribution in [0.2, 0.25) is 0 Å². The lowest BCUT2D eigenvalue weighted by atomic mass is 9.54. The maximum atomic E-state index is 11.2. The molecule has 2 nitrogen and oxygen atoms in total. The molecule has 3 rings (SSSR count). The lowest BCUT2D eigenvalue weighted by molar-refractivity contribution is -0.152. The zero-order chi connectivity index (χ0) is 11.2. The fraction of sp³-hybridized carbons (Fsp3) is 0.923. The molecule has 0 radical (unpaired) electrons. The number of carboxylic acids is 1. The highest BCUT2D eigenvalue weighted by atomic mass is 16.4. The Kier molecular flexibility index (Phi) is 2.78. The van der Waals surface area contributed by atoms with Crippen LogP contribution in [0.3, 0.4) is 0 Å². The summed E-state index contributed by atoms with van der Waals surface area (Å²) in [6.07, 6.45) is 3.35. The Morgan fingerprint density at radius 1 is 1.27 bits per heavy atom. The summed E-state index contributed by atoms with van der Waals surface area (Å²) >= 11 is 0. The smallest absolute Gasteiger partial charge is 0.306 e. The second-order valence-electron chi connectivity index (χ2n) is 5.96. The molecule has 0 aromatic heterocycles. The number of rotatable bonds is 2. The maximum Gasteiger partial charge on any atom is 0.306 e. The van der Waals surface area contributed by atoms with Gasteiger partial charge in [0.2, 0.25) is 0 Å². The van der Waals surface area contributed by atoms with Gasteiger partial charge in [-0.25, -0.2) is 0 Å². The van der Waals surface area contributed by atoms with Gasteiger partial charge in [-0.15, -0.1) is 0 Å². The van der Waals surface area contributed by atoms with Crippen LogP contribution in [0.15, 0.2) is 0 Å². The Morgan fingerprint density at radius 3 is 2.40 bits per heavy atom. The van der Waals surface area contributed by atoms with E-state index in [4.69, 9.17) is 0 Å². The van der Waals surface area contributed by atoms with Crippen LogP contribution in [0.5, 0.6) is 0 Å². The first-order valence-electron chi connectivity index (χ1n) is 6.23. The molecule has 2 bridgehead atoms. The number of carboxylic acid groups (broad SMARTS) is 1. The fourth-order valence-electron chi connectivity index (χ4n) is 4.00. The minimum Gasteiger partial charge on any atom is -0.481 e. The summed E-state index contributed by atoms with van der Waals surface area (Å²) in [7, 11) is 0. The van der Waals surface area contributed by atoms with Gasteiger partial charge in [-0.2, -0.15) is 0 Å². The number of hydrogen-bond acceptors (Lipinski definition) is 1. The zero-order valence-corrected chi connectivity index (χ0v) is 9.94. The van der Waals surface area contributed by atoms with Crippen molar-refractivity contribution >= 4 is 5.97 Å². The van der Waals surface area contributed by atoms with Crippen LogP contribution < -0.4 is 0 Å². The van der Waals surface area contributed by atoms with Crippen molar-refractivity contribution in [1.82, 2.24) is 0 Å². The van der Waals surface area contributed by atoms with Crippen LogP contribution >= 0.6 is 0 Å². The fourth-order valence-corrected chi connectivity index (χ4v) is 4.00. The lowest BCUT2D eigenvalue weighted by Gasteiger charge is -2.50. The van der Waals surface area contributed by atoms with Gasteiger partial charge in [0.15, 0.2) is 0 Å². The molecule has 3 aliphatic carbocycles.